The van der Waals surface area contributed by atoms with Crippen molar-refractivity contribution in [2.45, 2.75) is 13.8 Å². The van der Waals surface area contributed by atoms with E-state index in [-0.39, 0.29) is 17.8 Å². The summed E-state index contributed by atoms with van der Waals surface area (Å²) in [6.07, 6.45) is 0. The number of carbonyl (C=O) groups is 1. The lowest BCUT2D eigenvalue weighted by Gasteiger charge is -2.37. The van der Waals surface area contributed by atoms with Gasteiger partial charge in [0.15, 0.2) is 5.78 Å². The van der Waals surface area contributed by atoms with Crippen LogP contribution in [0.25, 0.3) is 0 Å². The smallest absolute Gasteiger partial charge is 0.183 e. The molecule has 0 aromatic carbocycles. The molecular formula is C10H16O3. The first-order valence-corrected chi connectivity index (χ1v) is 4.38. The lowest BCUT2D eigenvalue weighted by atomic mass is 9.90. The van der Waals surface area contributed by atoms with Crippen molar-refractivity contribution in [3.63, 3.8) is 0 Å². The van der Waals surface area contributed by atoms with Crippen LogP contribution in [0.15, 0.2) is 12.2 Å². The quantitative estimate of drug-likeness (QED) is 0.602. The summed E-state index contributed by atoms with van der Waals surface area (Å²) < 4.78 is 10.3. The minimum Gasteiger partial charge on any atom is -0.380 e. The Hall–Kier alpha value is -0.670. The maximum atomic E-state index is 11.1. The van der Waals surface area contributed by atoms with Gasteiger partial charge in [0.1, 0.15) is 6.61 Å². The van der Waals surface area contributed by atoms with Gasteiger partial charge in [0.05, 0.1) is 19.8 Å². The molecule has 0 bridgehead atoms. The minimum atomic E-state index is -0.0242. The summed E-state index contributed by atoms with van der Waals surface area (Å²) >= 11 is 0. The van der Waals surface area contributed by atoms with Gasteiger partial charge in [-0.2, -0.15) is 0 Å². The van der Waals surface area contributed by atoms with E-state index in [1.807, 2.05) is 0 Å². The average molecular weight is 184 g/mol. The first-order valence-electron chi connectivity index (χ1n) is 4.38. The molecule has 13 heavy (non-hydrogen) atoms. The van der Waals surface area contributed by atoms with E-state index >= 15 is 0 Å². The van der Waals surface area contributed by atoms with Crippen molar-refractivity contribution in [3.8, 4) is 0 Å². The van der Waals surface area contributed by atoms with Crippen molar-refractivity contribution < 1.29 is 14.3 Å². The molecule has 1 rings (SSSR count). The first kappa shape index (κ1) is 10.4. The third kappa shape index (κ3) is 2.94. The highest BCUT2D eigenvalue weighted by molar-refractivity contribution is 5.95. The zero-order valence-corrected chi connectivity index (χ0v) is 8.26. The van der Waals surface area contributed by atoms with E-state index in [1.165, 1.54) is 0 Å². The molecule has 0 aromatic rings. The monoisotopic (exact) mass is 184 g/mol. The maximum absolute atomic E-state index is 11.1. The Labute approximate surface area is 78.7 Å². The highest BCUT2D eigenvalue weighted by Crippen LogP contribution is 2.26. The fraction of sp³-hybridized carbons (Fsp3) is 0.700. The van der Waals surface area contributed by atoms with Crippen molar-refractivity contribution in [1.82, 2.24) is 0 Å². The van der Waals surface area contributed by atoms with E-state index in [0.717, 1.165) is 13.2 Å². The minimum absolute atomic E-state index is 0.0242. The Morgan fingerprint density at radius 3 is 2.62 bits per heavy atom. The normalized spacial score (nSPS) is 19.2. The zero-order chi connectivity index (χ0) is 9.90. The van der Waals surface area contributed by atoms with Crippen LogP contribution in [-0.4, -0.2) is 32.2 Å². The topological polar surface area (TPSA) is 35.5 Å². The molecular weight excluding hydrogens is 168 g/mol. The lowest BCUT2D eigenvalue weighted by molar-refractivity contribution is -0.144. The highest BCUT2D eigenvalue weighted by atomic mass is 16.5. The molecule has 0 N–H and O–H groups in total. The number of Topliss-reactive ketones (excluding diaryl/α,β-unsaturated/α-hetero) is 1. The van der Waals surface area contributed by atoms with Gasteiger partial charge in [-0.25, -0.2) is 0 Å². The molecule has 74 valence electrons. The molecule has 0 saturated carbocycles. The van der Waals surface area contributed by atoms with Crippen LogP contribution in [0.4, 0.5) is 0 Å². The van der Waals surface area contributed by atoms with Gasteiger partial charge >= 0.3 is 0 Å². The number of ether oxygens (including phenoxy) is 2. The predicted octanol–water partition coefficient (Wildman–Crippen LogP) is 1.18. The summed E-state index contributed by atoms with van der Waals surface area (Å²) in [4.78, 5) is 11.1. The molecule has 1 aliphatic rings. The van der Waals surface area contributed by atoms with Gasteiger partial charge in [-0.3, -0.25) is 4.79 Å². The summed E-state index contributed by atoms with van der Waals surface area (Å²) in [5, 5.41) is 0. The first-order chi connectivity index (χ1) is 6.03. The van der Waals surface area contributed by atoms with Crippen molar-refractivity contribution in [3.05, 3.63) is 12.2 Å². The summed E-state index contributed by atoms with van der Waals surface area (Å²) in [6.45, 7) is 9.52. The molecule has 0 spiro atoms. The van der Waals surface area contributed by atoms with E-state index < -0.39 is 0 Å². The van der Waals surface area contributed by atoms with Gasteiger partial charge in [-0.15, -0.1) is 0 Å². The molecule has 3 nitrogen and oxygen atoms in total. The fourth-order valence-electron chi connectivity index (χ4n) is 1.05. The Morgan fingerprint density at radius 1 is 1.62 bits per heavy atom. The molecule has 3 heteroatoms. The Kier molecular flexibility index (Phi) is 3.22. The van der Waals surface area contributed by atoms with Gasteiger partial charge in [-0.1, -0.05) is 13.5 Å². The largest absolute Gasteiger partial charge is 0.380 e. The summed E-state index contributed by atoms with van der Waals surface area (Å²) in [6, 6.07) is 0. The Balaban J connectivity index is 2.13. The maximum Gasteiger partial charge on any atom is 0.183 e. The van der Waals surface area contributed by atoms with E-state index in [9.17, 15) is 4.79 Å². The third-order valence-electron chi connectivity index (χ3n) is 2.06. The van der Waals surface area contributed by atoms with Crippen molar-refractivity contribution in [2.24, 2.45) is 5.41 Å². The Morgan fingerprint density at radius 2 is 2.23 bits per heavy atom. The summed E-state index contributed by atoms with van der Waals surface area (Å²) in [5.41, 5.74) is 0.671. The molecule has 1 saturated heterocycles. The molecule has 0 aliphatic carbocycles. The van der Waals surface area contributed by atoms with Crippen molar-refractivity contribution in [2.75, 3.05) is 26.4 Å². The number of hydrogen-bond acceptors (Lipinski definition) is 3. The molecule has 0 amide bonds. The number of carbonyl (C=O) groups excluding carboxylic acids is 1. The van der Waals surface area contributed by atoms with E-state index in [1.54, 1.807) is 6.92 Å². The molecule has 0 unspecified atom stereocenters. The summed E-state index contributed by atoms with van der Waals surface area (Å²) in [5.74, 6) is -0.0242. The molecule has 1 fully saturated rings. The van der Waals surface area contributed by atoms with Crippen LogP contribution in [-0.2, 0) is 14.3 Å². The van der Waals surface area contributed by atoms with Gasteiger partial charge in [-0.05, 0) is 12.5 Å². The number of hydrogen-bond donors (Lipinski definition) is 0. The molecule has 0 atom stereocenters. The van der Waals surface area contributed by atoms with Crippen LogP contribution < -0.4 is 0 Å². The van der Waals surface area contributed by atoms with Crippen LogP contribution in [0.2, 0.25) is 0 Å². The van der Waals surface area contributed by atoms with Crippen molar-refractivity contribution >= 4 is 5.78 Å². The van der Waals surface area contributed by atoms with Crippen LogP contribution in [0.5, 0.6) is 0 Å². The predicted molar refractivity (Wildman–Crippen MR) is 49.6 cm³/mol. The number of rotatable bonds is 5. The molecule has 1 aliphatic heterocycles. The fourth-order valence-corrected chi connectivity index (χ4v) is 1.05. The second-order valence-electron chi connectivity index (χ2n) is 4.00. The molecule has 1 heterocycles. The van der Waals surface area contributed by atoms with Gasteiger partial charge in [0.2, 0.25) is 0 Å². The molecule has 0 radical (unpaired) electrons. The average Bonchev–Trinajstić information content (AvgIpc) is 2.01. The standard InChI is InChI=1S/C10H16O3/c1-8(2)9(11)4-12-5-10(3)6-13-7-10/h1,4-7H2,2-3H3. The van der Waals surface area contributed by atoms with Crippen molar-refractivity contribution in [1.29, 1.82) is 0 Å². The molecule has 0 aromatic heterocycles. The van der Waals surface area contributed by atoms with E-state index in [0.29, 0.717) is 12.2 Å². The summed E-state index contributed by atoms with van der Waals surface area (Å²) in [7, 11) is 0. The van der Waals surface area contributed by atoms with Gasteiger partial charge in [0, 0.05) is 5.41 Å². The third-order valence-corrected chi connectivity index (χ3v) is 2.06. The lowest BCUT2D eigenvalue weighted by Crippen LogP contribution is -2.43. The Bertz CT molecular complexity index is 216. The second kappa shape index (κ2) is 4.03. The zero-order valence-electron chi connectivity index (χ0n) is 8.26. The van der Waals surface area contributed by atoms with E-state index in [2.05, 4.69) is 13.5 Å². The van der Waals surface area contributed by atoms with Gasteiger partial charge < -0.3 is 9.47 Å². The highest BCUT2D eigenvalue weighted by Gasteiger charge is 2.33. The van der Waals surface area contributed by atoms with E-state index in [4.69, 9.17) is 9.47 Å². The number of ketones is 1. The van der Waals surface area contributed by atoms with Crippen LogP contribution in [0, 0.1) is 5.41 Å². The van der Waals surface area contributed by atoms with Crippen LogP contribution in [0.1, 0.15) is 13.8 Å². The second-order valence-corrected chi connectivity index (χ2v) is 4.00. The van der Waals surface area contributed by atoms with Crippen LogP contribution >= 0.6 is 0 Å². The van der Waals surface area contributed by atoms with Gasteiger partial charge in [0.25, 0.3) is 0 Å². The van der Waals surface area contributed by atoms with Crippen LogP contribution in [0.3, 0.4) is 0 Å². The SMILES string of the molecule is C=C(C)C(=O)COCC1(C)COC1.